The Labute approximate surface area is 144 Å². The third-order valence-corrected chi connectivity index (χ3v) is 3.13. The molecule has 25 heavy (non-hydrogen) atoms. The molecule has 0 saturated carbocycles. The fourth-order valence-corrected chi connectivity index (χ4v) is 1.94. The molecule has 3 N–H and O–H groups in total. The molecule has 0 bridgehead atoms. The van der Waals surface area contributed by atoms with Crippen molar-refractivity contribution in [3.8, 4) is 18.1 Å². The van der Waals surface area contributed by atoms with E-state index in [0.29, 0.717) is 16.8 Å². The van der Waals surface area contributed by atoms with Crippen molar-refractivity contribution in [1.82, 2.24) is 0 Å². The van der Waals surface area contributed by atoms with Crippen LogP contribution in [0.1, 0.15) is 15.9 Å². The van der Waals surface area contributed by atoms with Crippen molar-refractivity contribution in [2.24, 2.45) is 5.73 Å². The number of benzene rings is 2. The minimum Gasteiger partial charge on any atom is -0.479 e. The lowest BCUT2D eigenvalue weighted by molar-refractivity contribution is -0.111. The lowest BCUT2D eigenvalue weighted by atomic mass is 10.1. The van der Waals surface area contributed by atoms with E-state index in [2.05, 4.69) is 11.2 Å². The Kier molecular flexibility index (Phi) is 5.91. The molecule has 2 aromatic carbocycles. The molecule has 2 amide bonds. The fourth-order valence-electron chi connectivity index (χ4n) is 1.94. The zero-order valence-electron chi connectivity index (χ0n) is 13.2. The molecular formula is C19H15FN2O3. The van der Waals surface area contributed by atoms with Gasteiger partial charge in [0, 0.05) is 17.7 Å². The van der Waals surface area contributed by atoms with Gasteiger partial charge in [-0.15, -0.1) is 6.42 Å². The van der Waals surface area contributed by atoms with Crippen LogP contribution in [0.15, 0.2) is 48.5 Å². The van der Waals surface area contributed by atoms with Gasteiger partial charge in [-0.05, 0) is 35.9 Å². The first-order valence-corrected chi connectivity index (χ1v) is 7.24. The minimum absolute atomic E-state index is 0.0472. The maximum Gasteiger partial charge on any atom is 0.248 e. The van der Waals surface area contributed by atoms with Gasteiger partial charge >= 0.3 is 0 Å². The quantitative estimate of drug-likeness (QED) is 0.627. The first-order chi connectivity index (χ1) is 12.0. The number of nitrogens with two attached hydrogens (primary N) is 1. The summed E-state index contributed by atoms with van der Waals surface area (Å²) in [5.41, 5.74) is 6.55. The Bertz CT molecular complexity index is 852. The summed E-state index contributed by atoms with van der Waals surface area (Å²) >= 11 is 0. The topological polar surface area (TPSA) is 81.4 Å². The fraction of sp³-hybridized carbons (Fsp3) is 0.0526. The van der Waals surface area contributed by atoms with E-state index in [4.69, 9.17) is 16.9 Å². The highest BCUT2D eigenvalue weighted by Gasteiger charge is 2.07. The normalized spacial score (nSPS) is 10.2. The van der Waals surface area contributed by atoms with Gasteiger partial charge in [-0.25, -0.2) is 4.39 Å². The van der Waals surface area contributed by atoms with Crippen LogP contribution in [0.3, 0.4) is 0 Å². The maximum absolute atomic E-state index is 13.3. The predicted octanol–water partition coefficient (Wildman–Crippen LogP) is 2.59. The number of primary amides is 1. The summed E-state index contributed by atoms with van der Waals surface area (Å²) in [6.07, 6.45) is 7.97. The lowest BCUT2D eigenvalue weighted by Crippen LogP contribution is -2.10. The second kappa shape index (κ2) is 8.31. The summed E-state index contributed by atoms with van der Waals surface area (Å²) in [7, 11) is 0. The number of terminal acetylenes is 1. The number of ether oxygens (including phenoxy) is 1. The van der Waals surface area contributed by atoms with Gasteiger partial charge in [-0.3, -0.25) is 9.59 Å². The summed E-state index contributed by atoms with van der Waals surface area (Å²) in [6.45, 7) is -0.0472. The number of hydrogen-bond donors (Lipinski definition) is 2. The molecule has 0 fully saturated rings. The largest absolute Gasteiger partial charge is 0.479 e. The van der Waals surface area contributed by atoms with Gasteiger partial charge in [0.1, 0.15) is 18.2 Å². The van der Waals surface area contributed by atoms with Gasteiger partial charge in [0.05, 0.1) is 5.69 Å². The number of nitrogens with one attached hydrogen (secondary N) is 1. The molecule has 0 heterocycles. The van der Waals surface area contributed by atoms with Crippen LogP contribution in [-0.4, -0.2) is 18.4 Å². The molecule has 0 aliphatic carbocycles. The number of anilines is 1. The molecular weight excluding hydrogens is 323 g/mol. The highest BCUT2D eigenvalue weighted by molar-refractivity contribution is 6.02. The molecule has 0 unspecified atom stereocenters. The molecule has 6 heteroatoms. The average molecular weight is 338 g/mol. The Morgan fingerprint density at radius 2 is 1.96 bits per heavy atom. The van der Waals surface area contributed by atoms with Gasteiger partial charge in [-0.2, -0.15) is 0 Å². The highest BCUT2D eigenvalue weighted by Crippen LogP contribution is 2.25. The van der Waals surface area contributed by atoms with Crippen LogP contribution in [0, 0.1) is 18.2 Å². The maximum atomic E-state index is 13.3. The van der Waals surface area contributed by atoms with Crippen molar-refractivity contribution in [1.29, 1.82) is 0 Å². The number of rotatable bonds is 6. The molecule has 0 aromatic heterocycles. The Hall–Kier alpha value is -3.59. The van der Waals surface area contributed by atoms with E-state index in [-0.39, 0.29) is 12.4 Å². The van der Waals surface area contributed by atoms with Crippen molar-refractivity contribution >= 4 is 23.6 Å². The van der Waals surface area contributed by atoms with Crippen LogP contribution in [0.4, 0.5) is 10.1 Å². The van der Waals surface area contributed by atoms with Crippen molar-refractivity contribution in [2.75, 3.05) is 11.9 Å². The van der Waals surface area contributed by atoms with Crippen LogP contribution in [0.25, 0.3) is 6.08 Å². The van der Waals surface area contributed by atoms with E-state index < -0.39 is 17.6 Å². The summed E-state index contributed by atoms with van der Waals surface area (Å²) in [6, 6.07) is 10.2. The molecule has 0 aliphatic heterocycles. The van der Waals surface area contributed by atoms with E-state index in [1.807, 2.05) is 0 Å². The summed E-state index contributed by atoms with van der Waals surface area (Å²) in [4.78, 5) is 23.0. The molecule has 2 aromatic rings. The molecule has 0 atom stereocenters. The summed E-state index contributed by atoms with van der Waals surface area (Å²) in [5, 5.41) is 2.59. The van der Waals surface area contributed by atoms with E-state index in [9.17, 15) is 14.0 Å². The summed E-state index contributed by atoms with van der Waals surface area (Å²) < 4.78 is 18.5. The van der Waals surface area contributed by atoms with Crippen molar-refractivity contribution in [3.63, 3.8) is 0 Å². The number of amides is 2. The molecule has 0 radical (unpaired) electrons. The standard InChI is InChI=1S/C19H15FN2O3/c1-2-11-25-17-12-15(20)8-9-16(17)22-18(23)10-5-13-3-6-14(7-4-13)19(21)24/h1,3-10,12H,11H2,(H2,21,24)(H,22,23). The molecule has 5 nitrogen and oxygen atoms in total. The van der Waals surface area contributed by atoms with E-state index in [0.717, 1.165) is 6.07 Å². The zero-order chi connectivity index (χ0) is 18.2. The van der Waals surface area contributed by atoms with E-state index in [1.54, 1.807) is 30.3 Å². The first-order valence-electron chi connectivity index (χ1n) is 7.24. The molecule has 2 rings (SSSR count). The smallest absolute Gasteiger partial charge is 0.248 e. The van der Waals surface area contributed by atoms with Gasteiger partial charge in [-0.1, -0.05) is 18.1 Å². The van der Waals surface area contributed by atoms with Gasteiger partial charge in [0.2, 0.25) is 11.8 Å². The number of hydrogen-bond acceptors (Lipinski definition) is 3. The predicted molar refractivity (Wildman–Crippen MR) is 93.4 cm³/mol. The van der Waals surface area contributed by atoms with Crippen molar-refractivity contribution < 1.29 is 18.7 Å². The van der Waals surface area contributed by atoms with Crippen LogP contribution in [-0.2, 0) is 4.79 Å². The average Bonchev–Trinajstić information content (AvgIpc) is 2.60. The third kappa shape index (κ3) is 5.22. The first kappa shape index (κ1) is 17.8. The second-order valence-electron chi connectivity index (χ2n) is 4.94. The van der Waals surface area contributed by atoms with Crippen LogP contribution >= 0.6 is 0 Å². The monoisotopic (exact) mass is 338 g/mol. The van der Waals surface area contributed by atoms with Gasteiger partial charge < -0.3 is 15.8 Å². The summed E-state index contributed by atoms with van der Waals surface area (Å²) in [5.74, 6) is 0.952. The SMILES string of the molecule is C#CCOc1cc(F)ccc1NC(=O)C=Cc1ccc(C(N)=O)cc1. The Morgan fingerprint density at radius 1 is 1.24 bits per heavy atom. The van der Waals surface area contributed by atoms with Crippen LogP contribution in [0.5, 0.6) is 5.75 Å². The highest BCUT2D eigenvalue weighted by atomic mass is 19.1. The Morgan fingerprint density at radius 3 is 2.60 bits per heavy atom. The minimum atomic E-state index is -0.524. The number of carbonyl (C=O) groups is 2. The van der Waals surface area contributed by atoms with E-state index >= 15 is 0 Å². The number of halogens is 1. The van der Waals surface area contributed by atoms with Crippen molar-refractivity contribution in [3.05, 3.63) is 65.5 Å². The van der Waals surface area contributed by atoms with Gasteiger partial charge in [0.15, 0.2) is 0 Å². The molecule has 0 spiro atoms. The molecule has 126 valence electrons. The lowest BCUT2D eigenvalue weighted by Gasteiger charge is -2.10. The second-order valence-corrected chi connectivity index (χ2v) is 4.94. The molecule has 0 saturated heterocycles. The third-order valence-electron chi connectivity index (χ3n) is 3.13. The number of carbonyl (C=O) groups excluding carboxylic acids is 2. The molecule has 0 aliphatic rings. The van der Waals surface area contributed by atoms with Gasteiger partial charge in [0.25, 0.3) is 0 Å². The Balaban J connectivity index is 2.07. The zero-order valence-corrected chi connectivity index (χ0v) is 13.2. The van der Waals surface area contributed by atoms with Crippen LogP contribution < -0.4 is 15.8 Å². The van der Waals surface area contributed by atoms with Crippen molar-refractivity contribution in [2.45, 2.75) is 0 Å². The van der Waals surface area contributed by atoms with E-state index in [1.165, 1.54) is 18.2 Å². The van der Waals surface area contributed by atoms with Crippen LogP contribution in [0.2, 0.25) is 0 Å².